The van der Waals surface area contributed by atoms with Gasteiger partial charge in [-0.15, -0.1) is 0 Å². The van der Waals surface area contributed by atoms with Crippen molar-refractivity contribution in [3.63, 3.8) is 0 Å². The largest absolute Gasteiger partial charge is 0.370 e. The van der Waals surface area contributed by atoms with E-state index in [0.717, 1.165) is 28.7 Å². The number of rotatable bonds is 18. The van der Waals surface area contributed by atoms with Crippen LogP contribution in [0.4, 0.5) is 0 Å². The molecular weight excluding hydrogens is 554 g/mol. The number of hydrogen-bond acceptors (Lipinski definition) is 5. The molecule has 0 aliphatic heterocycles. The molecule has 0 fully saturated rings. The van der Waals surface area contributed by atoms with E-state index in [1.165, 1.54) is 0 Å². The molecule has 0 saturated carbocycles. The van der Waals surface area contributed by atoms with Crippen molar-refractivity contribution in [2.24, 2.45) is 22.2 Å². The van der Waals surface area contributed by atoms with E-state index in [4.69, 9.17) is 17.2 Å². The standard InChI is InChI=1S/C34H45N7O3/c35-20-8-7-15-29(32(43)38-21-9-10-22-39-34(36)37)41-33(44)30(23-25-11-3-1-4-12-25)40-31(42)24-26-16-18-28(19-17-26)27-13-5-2-6-14-27/h1-6,11-14,16-19,29-30H,7-10,15,20-24,35H2,(H,38,43)(H,40,42)(H,41,44)(H4,36,37,39)/t29-,30-/m0/s1. The molecule has 3 aromatic carbocycles. The predicted molar refractivity (Wildman–Crippen MR) is 175 cm³/mol. The van der Waals surface area contributed by atoms with Crippen molar-refractivity contribution in [1.29, 1.82) is 0 Å². The van der Waals surface area contributed by atoms with Gasteiger partial charge in [-0.1, -0.05) is 84.9 Å². The number of aliphatic imine (C=N–C) groups is 1. The van der Waals surface area contributed by atoms with Gasteiger partial charge in [0.15, 0.2) is 5.96 Å². The van der Waals surface area contributed by atoms with Crippen LogP contribution in [0.25, 0.3) is 11.1 Å². The lowest BCUT2D eigenvalue weighted by atomic mass is 10.0. The first-order valence-electron chi connectivity index (χ1n) is 15.2. The molecule has 0 unspecified atom stereocenters. The van der Waals surface area contributed by atoms with Crippen LogP contribution in [0, 0.1) is 0 Å². The Morgan fingerprint density at radius 1 is 0.682 bits per heavy atom. The fourth-order valence-corrected chi connectivity index (χ4v) is 4.75. The van der Waals surface area contributed by atoms with Crippen molar-refractivity contribution in [3.8, 4) is 11.1 Å². The molecule has 3 rings (SSSR count). The van der Waals surface area contributed by atoms with Gasteiger partial charge in [0.05, 0.1) is 6.42 Å². The summed E-state index contributed by atoms with van der Waals surface area (Å²) in [7, 11) is 0. The van der Waals surface area contributed by atoms with Crippen LogP contribution >= 0.6 is 0 Å². The number of hydrogen-bond donors (Lipinski definition) is 6. The van der Waals surface area contributed by atoms with Gasteiger partial charge in [-0.05, 0) is 60.9 Å². The van der Waals surface area contributed by atoms with Gasteiger partial charge in [0.1, 0.15) is 12.1 Å². The summed E-state index contributed by atoms with van der Waals surface area (Å²) in [6.45, 7) is 1.40. The SMILES string of the molecule is NCCCC[C@H](NC(=O)[C@H](Cc1ccccc1)NC(=O)Cc1ccc(-c2ccccc2)cc1)C(=O)NCCCCN=C(N)N. The van der Waals surface area contributed by atoms with Crippen LogP contribution in [0.15, 0.2) is 89.9 Å². The molecular formula is C34H45N7O3. The molecule has 0 saturated heterocycles. The van der Waals surface area contributed by atoms with Crippen LogP contribution in [0.3, 0.4) is 0 Å². The zero-order valence-corrected chi connectivity index (χ0v) is 25.2. The molecule has 9 N–H and O–H groups in total. The van der Waals surface area contributed by atoms with E-state index in [9.17, 15) is 14.4 Å². The van der Waals surface area contributed by atoms with Crippen molar-refractivity contribution in [2.75, 3.05) is 19.6 Å². The Hall–Kier alpha value is -4.70. The van der Waals surface area contributed by atoms with Gasteiger partial charge in [0.2, 0.25) is 17.7 Å². The number of nitrogens with two attached hydrogens (primary N) is 3. The van der Waals surface area contributed by atoms with Crippen LogP contribution in [0.2, 0.25) is 0 Å². The zero-order valence-electron chi connectivity index (χ0n) is 25.2. The van der Waals surface area contributed by atoms with E-state index in [1.54, 1.807) is 0 Å². The highest BCUT2D eigenvalue weighted by atomic mass is 16.2. The average molecular weight is 600 g/mol. The zero-order chi connectivity index (χ0) is 31.6. The molecule has 0 heterocycles. The molecule has 0 aliphatic carbocycles. The molecule has 44 heavy (non-hydrogen) atoms. The highest BCUT2D eigenvalue weighted by molar-refractivity contribution is 5.92. The molecule has 3 aromatic rings. The first-order chi connectivity index (χ1) is 21.4. The summed E-state index contributed by atoms with van der Waals surface area (Å²) in [6.07, 6.45) is 3.64. The summed E-state index contributed by atoms with van der Waals surface area (Å²) in [5.74, 6) is -0.934. The first-order valence-corrected chi connectivity index (χ1v) is 15.2. The van der Waals surface area contributed by atoms with Crippen LogP contribution in [-0.2, 0) is 27.2 Å². The summed E-state index contributed by atoms with van der Waals surface area (Å²) in [5.41, 5.74) is 20.2. The second-order valence-corrected chi connectivity index (χ2v) is 10.7. The molecule has 0 bridgehead atoms. The third kappa shape index (κ3) is 12.3. The summed E-state index contributed by atoms with van der Waals surface area (Å²) in [6, 6.07) is 25.7. The molecule has 0 aliphatic rings. The third-order valence-corrected chi connectivity index (χ3v) is 7.12. The van der Waals surface area contributed by atoms with Gasteiger partial charge in [-0.3, -0.25) is 19.4 Å². The second kappa shape index (κ2) is 18.8. The molecule has 10 heteroatoms. The number of guanidine groups is 1. The monoisotopic (exact) mass is 599 g/mol. The fourth-order valence-electron chi connectivity index (χ4n) is 4.75. The third-order valence-electron chi connectivity index (χ3n) is 7.12. The van der Waals surface area contributed by atoms with Crippen molar-refractivity contribution < 1.29 is 14.4 Å². The van der Waals surface area contributed by atoms with Gasteiger partial charge in [-0.25, -0.2) is 0 Å². The normalized spacial score (nSPS) is 12.0. The van der Waals surface area contributed by atoms with Crippen LogP contribution < -0.4 is 33.2 Å². The van der Waals surface area contributed by atoms with E-state index in [2.05, 4.69) is 20.9 Å². The maximum Gasteiger partial charge on any atom is 0.243 e. The molecule has 2 atom stereocenters. The molecule has 234 valence electrons. The molecule has 3 amide bonds. The van der Waals surface area contributed by atoms with Crippen molar-refractivity contribution >= 4 is 23.7 Å². The van der Waals surface area contributed by atoms with E-state index in [0.29, 0.717) is 45.3 Å². The van der Waals surface area contributed by atoms with E-state index in [-0.39, 0.29) is 30.6 Å². The van der Waals surface area contributed by atoms with E-state index in [1.807, 2.05) is 84.9 Å². The molecule has 10 nitrogen and oxygen atoms in total. The Balaban J connectivity index is 1.65. The first kappa shape index (κ1) is 33.8. The quantitative estimate of drug-likeness (QED) is 0.0743. The maximum absolute atomic E-state index is 13.6. The smallest absolute Gasteiger partial charge is 0.243 e. The van der Waals surface area contributed by atoms with E-state index >= 15 is 0 Å². The minimum absolute atomic E-state index is 0.0369. The number of unbranched alkanes of at least 4 members (excludes halogenated alkanes) is 2. The Morgan fingerprint density at radius 3 is 2.00 bits per heavy atom. The van der Waals surface area contributed by atoms with Gasteiger partial charge >= 0.3 is 0 Å². The van der Waals surface area contributed by atoms with Gasteiger partial charge in [0, 0.05) is 19.5 Å². The van der Waals surface area contributed by atoms with Crippen molar-refractivity contribution in [3.05, 3.63) is 96.1 Å². The molecule has 0 radical (unpaired) electrons. The minimum atomic E-state index is -0.863. The lowest BCUT2D eigenvalue weighted by Gasteiger charge is -2.23. The Morgan fingerprint density at radius 2 is 1.34 bits per heavy atom. The van der Waals surface area contributed by atoms with Crippen molar-refractivity contribution in [1.82, 2.24) is 16.0 Å². The highest BCUT2D eigenvalue weighted by Crippen LogP contribution is 2.19. The lowest BCUT2D eigenvalue weighted by Crippen LogP contribution is -2.54. The summed E-state index contributed by atoms with van der Waals surface area (Å²) < 4.78 is 0. The Kier molecular flexibility index (Phi) is 14.4. The van der Waals surface area contributed by atoms with Gasteiger partial charge < -0.3 is 33.2 Å². The Bertz CT molecular complexity index is 1330. The van der Waals surface area contributed by atoms with E-state index < -0.39 is 18.0 Å². The average Bonchev–Trinajstić information content (AvgIpc) is 3.03. The topological polar surface area (TPSA) is 178 Å². The summed E-state index contributed by atoms with van der Waals surface area (Å²) in [4.78, 5) is 43.8. The second-order valence-electron chi connectivity index (χ2n) is 10.7. The molecule has 0 aromatic heterocycles. The summed E-state index contributed by atoms with van der Waals surface area (Å²) in [5, 5.41) is 8.71. The van der Waals surface area contributed by atoms with Crippen LogP contribution in [0.5, 0.6) is 0 Å². The fraction of sp³-hybridized carbons (Fsp3) is 0.353. The van der Waals surface area contributed by atoms with Gasteiger partial charge in [-0.2, -0.15) is 0 Å². The predicted octanol–water partition coefficient (Wildman–Crippen LogP) is 2.41. The number of nitrogens with one attached hydrogen (secondary N) is 3. The van der Waals surface area contributed by atoms with Crippen LogP contribution in [0.1, 0.15) is 43.2 Å². The number of carbonyl (C=O) groups excluding carboxylic acids is 3. The van der Waals surface area contributed by atoms with Crippen LogP contribution in [-0.4, -0.2) is 55.4 Å². The number of amides is 3. The number of benzene rings is 3. The maximum atomic E-state index is 13.6. The molecule has 0 spiro atoms. The lowest BCUT2D eigenvalue weighted by molar-refractivity contribution is -0.132. The van der Waals surface area contributed by atoms with Gasteiger partial charge in [0.25, 0.3) is 0 Å². The number of carbonyl (C=O) groups is 3. The minimum Gasteiger partial charge on any atom is -0.370 e. The van der Waals surface area contributed by atoms with Crippen molar-refractivity contribution in [2.45, 2.75) is 57.0 Å². The highest BCUT2D eigenvalue weighted by Gasteiger charge is 2.27. The summed E-state index contributed by atoms with van der Waals surface area (Å²) >= 11 is 0. The Labute approximate surface area is 259 Å². The number of nitrogens with zero attached hydrogens (tertiary/aromatic N) is 1.